The van der Waals surface area contributed by atoms with Crippen LogP contribution in [0.25, 0.3) is 0 Å². The van der Waals surface area contributed by atoms with Crippen molar-refractivity contribution in [2.24, 2.45) is 5.92 Å². The molecule has 2 aliphatic rings. The first-order valence-corrected chi connectivity index (χ1v) is 14.8. The lowest BCUT2D eigenvalue weighted by atomic mass is 9.98. The standard InChI is InChI=1S/C29H35N5O4S/c1-19-11-12-25(20(2)16-19)30-29(36)24-9-7-14-32(17-24)39(37,38)28-21(3)31-34(22(28)4)18-27(35)33-15-13-23-8-5-6-10-26(23)33/h5-6,8,10-12,16,24H,7,9,13-15,17-18H2,1-4H3,(H,30,36)/t24-/m1/s1. The number of sulfonamides is 1. The van der Waals surface area contributed by atoms with Gasteiger partial charge in [-0.05, 0) is 70.2 Å². The number of aromatic nitrogens is 2. The van der Waals surface area contributed by atoms with Crippen molar-refractivity contribution < 1.29 is 18.0 Å². The molecule has 2 aromatic carbocycles. The Hall–Kier alpha value is -3.50. The van der Waals surface area contributed by atoms with Crippen molar-refractivity contribution in [2.75, 3.05) is 29.9 Å². The molecule has 3 aromatic rings. The van der Waals surface area contributed by atoms with Crippen molar-refractivity contribution in [3.63, 3.8) is 0 Å². The molecule has 1 atom stereocenters. The van der Waals surface area contributed by atoms with Crippen LogP contribution in [0.1, 0.15) is 40.9 Å². The van der Waals surface area contributed by atoms with Gasteiger partial charge in [-0.15, -0.1) is 0 Å². The molecule has 1 fully saturated rings. The van der Waals surface area contributed by atoms with E-state index < -0.39 is 15.9 Å². The number of nitrogens with zero attached hydrogens (tertiary/aromatic N) is 4. The molecule has 39 heavy (non-hydrogen) atoms. The molecule has 0 radical (unpaired) electrons. The van der Waals surface area contributed by atoms with Crippen LogP contribution in [0.2, 0.25) is 0 Å². The van der Waals surface area contributed by atoms with Crippen molar-refractivity contribution in [3.05, 3.63) is 70.5 Å². The van der Waals surface area contributed by atoms with Crippen LogP contribution >= 0.6 is 0 Å². The van der Waals surface area contributed by atoms with Crippen molar-refractivity contribution in [2.45, 2.75) is 58.4 Å². The maximum atomic E-state index is 13.8. The number of piperidine rings is 1. The van der Waals surface area contributed by atoms with Gasteiger partial charge in [-0.1, -0.05) is 35.9 Å². The predicted molar refractivity (Wildman–Crippen MR) is 150 cm³/mol. The van der Waals surface area contributed by atoms with E-state index in [1.807, 2.05) is 56.3 Å². The highest BCUT2D eigenvalue weighted by molar-refractivity contribution is 7.89. The molecule has 0 spiro atoms. The van der Waals surface area contributed by atoms with Crippen LogP contribution in [0, 0.1) is 33.6 Å². The van der Waals surface area contributed by atoms with Gasteiger partial charge in [0.1, 0.15) is 11.4 Å². The summed E-state index contributed by atoms with van der Waals surface area (Å²) in [7, 11) is -3.91. The molecule has 0 unspecified atom stereocenters. The summed E-state index contributed by atoms with van der Waals surface area (Å²) in [5.41, 5.74) is 5.62. The Balaban J connectivity index is 1.32. The van der Waals surface area contributed by atoms with Crippen LogP contribution in [0.4, 0.5) is 11.4 Å². The van der Waals surface area contributed by atoms with E-state index in [-0.39, 0.29) is 29.8 Å². The van der Waals surface area contributed by atoms with Crippen LogP contribution in [-0.2, 0) is 32.6 Å². The molecular formula is C29H35N5O4S. The van der Waals surface area contributed by atoms with E-state index >= 15 is 0 Å². The third kappa shape index (κ3) is 5.23. The van der Waals surface area contributed by atoms with Crippen LogP contribution in [-0.4, -0.2) is 54.0 Å². The molecule has 0 aliphatic carbocycles. The van der Waals surface area contributed by atoms with Gasteiger partial charge in [0.15, 0.2) is 0 Å². The molecule has 1 N–H and O–H groups in total. The van der Waals surface area contributed by atoms with Crippen LogP contribution in [0.15, 0.2) is 47.4 Å². The van der Waals surface area contributed by atoms with Crippen LogP contribution < -0.4 is 10.2 Å². The number of benzene rings is 2. The van der Waals surface area contributed by atoms with E-state index in [4.69, 9.17) is 0 Å². The minimum Gasteiger partial charge on any atom is -0.326 e. The SMILES string of the molecule is Cc1ccc(NC(=O)[C@@H]2CCCN(S(=O)(=O)c3c(C)nn(CC(=O)N4CCc5ccccc54)c3C)C2)c(C)c1. The predicted octanol–water partition coefficient (Wildman–Crippen LogP) is 3.75. The zero-order valence-electron chi connectivity index (χ0n) is 22.9. The molecule has 1 saturated heterocycles. The molecule has 9 nitrogen and oxygen atoms in total. The zero-order chi connectivity index (χ0) is 27.9. The first-order valence-electron chi connectivity index (χ1n) is 13.4. The quantitative estimate of drug-likeness (QED) is 0.504. The molecule has 2 aliphatic heterocycles. The number of carbonyl (C=O) groups excluding carboxylic acids is 2. The minimum absolute atomic E-state index is 0.0442. The summed E-state index contributed by atoms with van der Waals surface area (Å²) >= 11 is 0. The van der Waals surface area contributed by atoms with Crippen molar-refractivity contribution >= 4 is 33.2 Å². The van der Waals surface area contributed by atoms with Gasteiger partial charge in [0.25, 0.3) is 0 Å². The van der Waals surface area contributed by atoms with Crippen LogP contribution in [0.3, 0.4) is 0 Å². The molecule has 2 amide bonds. The molecule has 0 saturated carbocycles. The summed E-state index contributed by atoms with van der Waals surface area (Å²) in [4.78, 5) is 28.1. The van der Waals surface area contributed by atoms with E-state index in [1.54, 1.807) is 18.7 Å². The van der Waals surface area contributed by atoms with E-state index in [1.165, 1.54) is 8.99 Å². The summed E-state index contributed by atoms with van der Waals surface area (Å²) in [6, 6.07) is 13.6. The summed E-state index contributed by atoms with van der Waals surface area (Å²) in [6.07, 6.45) is 2.00. The third-order valence-electron chi connectivity index (χ3n) is 7.78. The Morgan fingerprint density at radius 2 is 1.82 bits per heavy atom. The number of hydrogen-bond donors (Lipinski definition) is 1. The average molecular weight is 550 g/mol. The van der Waals surface area contributed by atoms with Gasteiger partial charge < -0.3 is 10.2 Å². The number of anilines is 2. The first-order chi connectivity index (χ1) is 18.6. The van der Waals surface area contributed by atoms with Gasteiger partial charge in [-0.3, -0.25) is 14.3 Å². The van der Waals surface area contributed by atoms with Gasteiger partial charge in [-0.25, -0.2) is 8.42 Å². The highest BCUT2D eigenvalue weighted by atomic mass is 32.2. The van der Waals surface area contributed by atoms with E-state index in [0.29, 0.717) is 37.3 Å². The second kappa shape index (κ2) is 10.6. The monoisotopic (exact) mass is 549 g/mol. The maximum absolute atomic E-state index is 13.8. The topological polar surface area (TPSA) is 105 Å². The number of para-hydroxylation sites is 1. The number of fused-ring (bicyclic) bond motifs is 1. The van der Waals surface area contributed by atoms with Gasteiger partial charge in [0, 0.05) is 31.0 Å². The highest BCUT2D eigenvalue weighted by Crippen LogP contribution is 2.30. The van der Waals surface area contributed by atoms with E-state index in [9.17, 15) is 18.0 Å². The minimum atomic E-state index is -3.91. The normalized spacial score (nSPS) is 17.7. The Labute approximate surface area is 229 Å². The van der Waals surface area contributed by atoms with Gasteiger partial charge in [0.2, 0.25) is 21.8 Å². The zero-order valence-corrected chi connectivity index (χ0v) is 23.7. The highest BCUT2D eigenvalue weighted by Gasteiger charge is 2.37. The Morgan fingerprint density at radius 3 is 2.59 bits per heavy atom. The van der Waals surface area contributed by atoms with Crippen molar-refractivity contribution in [1.29, 1.82) is 0 Å². The van der Waals surface area contributed by atoms with Crippen molar-refractivity contribution in [3.8, 4) is 0 Å². The summed E-state index contributed by atoms with van der Waals surface area (Å²) in [5, 5.41) is 7.43. The fourth-order valence-corrected chi connectivity index (χ4v) is 7.61. The molecule has 5 rings (SSSR count). The molecule has 1 aromatic heterocycles. The fourth-order valence-electron chi connectivity index (χ4n) is 5.71. The summed E-state index contributed by atoms with van der Waals surface area (Å²) < 4.78 is 30.5. The number of rotatable bonds is 6. The fraction of sp³-hybridized carbons (Fsp3) is 0.414. The maximum Gasteiger partial charge on any atom is 0.248 e. The summed E-state index contributed by atoms with van der Waals surface area (Å²) in [6.45, 7) is 8.27. The lowest BCUT2D eigenvalue weighted by Gasteiger charge is -2.31. The largest absolute Gasteiger partial charge is 0.326 e. The van der Waals surface area contributed by atoms with Crippen molar-refractivity contribution in [1.82, 2.24) is 14.1 Å². The number of nitrogens with one attached hydrogen (secondary N) is 1. The lowest BCUT2D eigenvalue weighted by Crippen LogP contribution is -2.44. The molecular weight excluding hydrogens is 514 g/mol. The Morgan fingerprint density at radius 1 is 1.05 bits per heavy atom. The van der Waals surface area contributed by atoms with Gasteiger partial charge >= 0.3 is 0 Å². The molecule has 3 heterocycles. The number of carbonyl (C=O) groups is 2. The second-order valence-electron chi connectivity index (χ2n) is 10.6. The second-order valence-corrected chi connectivity index (χ2v) is 12.5. The Kier molecular flexibility index (Phi) is 7.35. The molecule has 206 valence electrons. The van der Waals surface area contributed by atoms with E-state index in [2.05, 4.69) is 10.4 Å². The third-order valence-corrected chi connectivity index (χ3v) is 9.90. The average Bonchev–Trinajstić information content (AvgIpc) is 3.46. The Bertz CT molecular complexity index is 1540. The van der Waals surface area contributed by atoms with Crippen LogP contribution in [0.5, 0.6) is 0 Å². The molecule has 0 bridgehead atoms. The van der Waals surface area contributed by atoms with Gasteiger partial charge in [0.05, 0.1) is 17.3 Å². The van der Waals surface area contributed by atoms with Gasteiger partial charge in [-0.2, -0.15) is 9.40 Å². The number of hydrogen-bond acceptors (Lipinski definition) is 5. The summed E-state index contributed by atoms with van der Waals surface area (Å²) in [5.74, 6) is -0.764. The lowest BCUT2D eigenvalue weighted by molar-refractivity contribution is -0.121. The smallest absolute Gasteiger partial charge is 0.248 e. The molecule has 10 heteroatoms. The number of aryl methyl sites for hydroxylation is 3. The van der Waals surface area contributed by atoms with E-state index in [0.717, 1.165) is 34.5 Å². The first kappa shape index (κ1) is 27.1. The number of amides is 2.